The summed E-state index contributed by atoms with van der Waals surface area (Å²) < 4.78 is 18.2. The lowest BCUT2D eigenvalue weighted by molar-refractivity contribution is -0.136. The van der Waals surface area contributed by atoms with Crippen LogP contribution in [0.25, 0.3) is 0 Å². The van der Waals surface area contributed by atoms with Crippen molar-refractivity contribution >= 4 is 29.1 Å². The Balaban J connectivity index is 2.65. The molecule has 0 aliphatic carbocycles. The van der Waals surface area contributed by atoms with Crippen molar-refractivity contribution in [2.24, 2.45) is 9.98 Å². The fraction of sp³-hybridized carbons (Fsp3) is 0.167. The molecule has 0 amide bonds. The number of benzene rings is 1. The van der Waals surface area contributed by atoms with Crippen LogP contribution in [-0.2, 0) is 9.53 Å². The highest BCUT2D eigenvalue weighted by molar-refractivity contribution is 6.46. The van der Waals surface area contributed by atoms with Crippen molar-refractivity contribution in [2.45, 2.75) is 13.0 Å². The molecular formula is C18H17ClFN3O2. The summed E-state index contributed by atoms with van der Waals surface area (Å²) in [6.45, 7) is 8.96. The second kappa shape index (κ2) is 7.90. The number of hydrogen-bond donors (Lipinski definition) is 1. The van der Waals surface area contributed by atoms with Gasteiger partial charge in [0, 0.05) is 22.5 Å². The average Bonchev–Trinajstić information content (AvgIpc) is 2.58. The molecular weight excluding hydrogens is 345 g/mol. The first-order chi connectivity index (χ1) is 11.9. The van der Waals surface area contributed by atoms with Crippen molar-refractivity contribution in [3.05, 3.63) is 71.3 Å². The summed E-state index contributed by atoms with van der Waals surface area (Å²) in [4.78, 5) is 20.9. The minimum Gasteiger partial charge on any atom is -0.466 e. The van der Waals surface area contributed by atoms with Crippen LogP contribution in [0, 0.1) is 5.82 Å². The van der Waals surface area contributed by atoms with E-state index in [0.29, 0.717) is 22.8 Å². The van der Waals surface area contributed by atoms with Crippen molar-refractivity contribution < 1.29 is 13.9 Å². The predicted molar refractivity (Wildman–Crippen MR) is 97.3 cm³/mol. The number of carbonyl (C=O) groups excluding carboxylic acids is 1. The number of nitrogens with one attached hydrogen (secondary N) is 1. The number of methoxy groups -OCH3 is 1. The van der Waals surface area contributed by atoms with Crippen LogP contribution in [0.4, 0.5) is 4.39 Å². The van der Waals surface area contributed by atoms with Crippen molar-refractivity contribution in [3.8, 4) is 0 Å². The zero-order valence-electron chi connectivity index (χ0n) is 13.8. The van der Waals surface area contributed by atoms with E-state index < -0.39 is 17.8 Å². The van der Waals surface area contributed by atoms with Crippen LogP contribution in [-0.4, -0.2) is 24.6 Å². The zero-order valence-corrected chi connectivity index (χ0v) is 14.6. The largest absolute Gasteiger partial charge is 0.466 e. The minimum atomic E-state index is -0.772. The molecule has 5 nitrogen and oxygen atoms in total. The second-order valence-corrected chi connectivity index (χ2v) is 5.51. The van der Waals surface area contributed by atoms with Crippen LogP contribution in [0.2, 0.25) is 5.02 Å². The monoisotopic (exact) mass is 361 g/mol. The van der Waals surface area contributed by atoms with Crippen LogP contribution in [0.5, 0.6) is 0 Å². The summed E-state index contributed by atoms with van der Waals surface area (Å²) in [7, 11) is 1.28. The van der Waals surface area contributed by atoms with E-state index in [-0.39, 0.29) is 10.6 Å². The number of hydrogen-bond acceptors (Lipinski definition) is 5. The quantitative estimate of drug-likeness (QED) is 0.642. The highest BCUT2D eigenvalue weighted by atomic mass is 35.5. The first-order valence-corrected chi connectivity index (χ1v) is 7.71. The molecule has 1 aromatic carbocycles. The van der Waals surface area contributed by atoms with Crippen LogP contribution in [0.1, 0.15) is 18.5 Å². The smallest absolute Gasteiger partial charge is 0.338 e. The van der Waals surface area contributed by atoms with E-state index >= 15 is 0 Å². The highest BCUT2D eigenvalue weighted by Gasteiger charge is 2.32. The summed E-state index contributed by atoms with van der Waals surface area (Å²) in [6.07, 6.45) is 2.86. The second-order valence-electron chi connectivity index (χ2n) is 5.10. The Morgan fingerprint density at radius 2 is 2.20 bits per heavy atom. The number of allylic oxidation sites excluding steroid dienone is 1. The van der Waals surface area contributed by atoms with Gasteiger partial charge < -0.3 is 10.1 Å². The molecule has 1 aliphatic rings. The SMILES string of the molecule is C=CN=C(C=C)C1=NC(c2ccc(F)cc2Cl)C(C(=O)OC)=C(C)N1. The fourth-order valence-corrected chi connectivity index (χ4v) is 2.71. The van der Waals surface area contributed by atoms with Gasteiger partial charge >= 0.3 is 5.97 Å². The summed E-state index contributed by atoms with van der Waals surface area (Å²) in [5.74, 6) is -0.642. The number of aliphatic imine (C=N–C) groups is 2. The molecule has 1 atom stereocenters. The molecule has 0 saturated heterocycles. The van der Waals surface area contributed by atoms with Gasteiger partial charge in [-0.1, -0.05) is 30.8 Å². The molecule has 0 bridgehead atoms. The van der Waals surface area contributed by atoms with Crippen LogP contribution in [0.3, 0.4) is 0 Å². The van der Waals surface area contributed by atoms with Crippen molar-refractivity contribution in [2.75, 3.05) is 7.11 Å². The Labute approximate surface area is 150 Å². The number of nitrogens with zero attached hydrogens (tertiary/aromatic N) is 2. The Morgan fingerprint density at radius 3 is 2.76 bits per heavy atom. The third-order valence-corrected chi connectivity index (χ3v) is 3.90. The van der Waals surface area contributed by atoms with Gasteiger partial charge in [0.05, 0.1) is 12.7 Å². The molecule has 0 fully saturated rings. The summed E-state index contributed by atoms with van der Waals surface area (Å²) in [5, 5.41) is 3.17. The van der Waals surface area contributed by atoms with Crippen LogP contribution < -0.4 is 5.32 Å². The average molecular weight is 362 g/mol. The molecule has 0 saturated carbocycles. The number of esters is 1. The molecule has 2 rings (SSSR count). The maximum absolute atomic E-state index is 13.4. The fourth-order valence-electron chi connectivity index (χ4n) is 2.44. The standard InChI is InChI=1S/C18H17ClFN3O2/c1-5-14(21-6-2)17-22-10(3)15(18(24)25-4)16(23-17)12-8-7-11(20)9-13(12)19/h5-9,16H,1-2H2,3-4H3,(H,22,23). The van der Waals surface area contributed by atoms with Crippen LogP contribution in [0.15, 0.2) is 64.9 Å². The number of rotatable bonds is 5. The highest BCUT2D eigenvalue weighted by Crippen LogP contribution is 2.35. The molecule has 0 aromatic heterocycles. The molecule has 7 heteroatoms. The Hall–Kier alpha value is -2.73. The van der Waals surface area contributed by atoms with Gasteiger partial charge in [0.1, 0.15) is 17.6 Å². The maximum atomic E-state index is 13.4. The summed E-state index contributed by atoms with van der Waals surface area (Å²) in [5.41, 5.74) is 1.73. The molecule has 1 aliphatic heterocycles. The normalized spacial score (nSPS) is 17.5. The third kappa shape index (κ3) is 3.85. The number of carbonyl (C=O) groups is 1. The van der Waals surface area contributed by atoms with Crippen molar-refractivity contribution in [3.63, 3.8) is 0 Å². The van der Waals surface area contributed by atoms with Crippen LogP contribution >= 0.6 is 11.6 Å². The van der Waals surface area contributed by atoms with E-state index in [9.17, 15) is 9.18 Å². The third-order valence-electron chi connectivity index (χ3n) is 3.57. The molecule has 25 heavy (non-hydrogen) atoms. The van der Waals surface area contributed by atoms with Gasteiger partial charge in [0.25, 0.3) is 0 Å². The molecule has 1 unspecified atom stereocenters. The molecule has 1 heterocycles. The van der Waals surface area contributed by atoms with E-state index in [1.807, 2.05) is 0 Å². The molecule has 1 N–H and O–H groups in total. The number of halogens is 2. The minimum absolute atomic E-state index is 0.157. The Kier molecular flexibility index (Phi) is 5.88. The van der Waals surface area contributed by atoms with E-state index in [0.717, 1.165) is 0 Å². The molecule has 0 radical (unpaired) electrons. The summed E-state index contributed by atoms with van der Waals surface area (Å²) >= 11 is 6.18. The topological polar surface area (TPSA) is 63.0 Å². The lowest BCUT2D eigenvalue weighted by Crippen LogP contribution is -2.36. The van der Waals surface area contributed by atoms with Gasteiger partial charge in [0.15, 0.2) is 5.84 Å². The lowest BCUT2D eigenvalue weighted by Gasteiger charge is -2.26. The zero-order chi connectivity index (χ0) is 18.6. The molecule has 1 aromatic rings. The first kappa shape index (κ1) is 18.6. The maximum Gasteiger partial charge on any atom is 0.338 e. The van der Waals surface area contributed by atoms with Gasteiger partial charge in [-0.15, -0.1) is 0 Å². The molecule has 130 valence electrons. The number of amidine groups is 1. The van der Waals surface area contributed by atoms with Crippen molar-refractivity contribution in [1.29, 1.82) is 0 Å². The number of ether oxygens (including phenoxy) is 1. The van der Waals surface area contributed by atoms with Gasteiger partial charge in [0.2, 0.25) is 0 Å². The van der Waals surface area contributed by atoms with Gasteiger partial charge in [-0.3, -0.25) is 9.98 Å². The molecule has 0 spiro atoms. The Bertz CT molecular complexity index is 828. The van der Waals surface area contributed by atoms with Gasteiger partial charge in [-0.2, -0.15) is 0 Å². The van der Waals surface area contributed by atoms with Crippen molar-refractivity contribution in [1.82, 2.24) is 5.32 Å². The van der Waals surface area contributed by atoms with E-state index in [1.165, 1.54) is 37.6 Å². The van der Waals surface area contributed by atoms with E-state index in [1.54, 1.807) is 6.92 Å². The lowest BCUT2D eigenvalue weighted by atomic mass is 9.95. The van der Waals surface area contributed by atoms with E-state index in [4.69, 9.17) is 16.3 Å². The van der Waals surface area contributed by atoms with Gasteiger partial charge in [-0.05, 0) is 25.1 Å². The first-order valence-electron chi connectivity index (χ1n) is 7.33. The summed E-state index contributed by atoms with van der Waals surface area (Å²) in [6, 6.07) is 3.15. The Morgan fingerprint density at radius 1 is 1.48 bits per heavy atom. The van der Waals surface area contributed by atoms with E-state index in [2.05, 4.69) is 28.5 Å². The predicted octanol–water partition coefficient (Wildman–Crippen LogP) is 3.74. The van der Waals surface area contributed by atoms with Gasteiger partial charge in [-0.25, -0.2) is 9.18 Å².